The van der Waals surface area contributed by atoms with Crippen molar-refractivity contribution in [1.29, 1.82) is 0 Å². The van der Waals surface area contributed by atoms with E-state index in [1.54, 1.807) is 0 Å². The van der Waals surface area contributed by atoms with Crippen molar-refractivity contribution >= 4 is 21.8 Å². The van der Waals surface area contributed by atoms with E-state index in [2.05, 4.69) is 21.0 Å². The first-order valence-corrected chi connectivity index (χ1v) is 3.93. The predicted molar refractivity (Wildman–Crippen MR) is 49.0 cm³/mol. The number of benzene rings is 1. The lowest BCUT2D eigenvalue weighted by atomic mass is 10.2. The van der Waals surface area contributed by atoms with Gasteiger partial charge in [-0.25, -0.2) is 4.39 Å². The van der Waals surface area contributed by atoms with Crippen LogP contribution in [0.15, 0.2) is 27.8 Å². The summed E-state index contributed by atoms with van der Waals surface area (Å²) in [4.78, 5) is 0. The van der Waals surface area contributed by atoms with Gasteiger partial charge in [-0.3, -0.25) is 0 Å². The normalized spacial score (nSPS) is 11.7. The van der Waals surface area contributed by atoms with Crippen LogP contribution in [0, 0.1) is 5.82 Å². The fourth-order valence-electron chi connectivity index (χ4n) is 0.767. The molecule has 0 aliphatic rings. The molecule has 1 aromatic carbocycles. The summed E-state index contributed by atoms with van der Waals surface area (Å²) in [6, 6.07) is 4.09. The molecule has 0 aliphatic carbocycles. The molecule has 0 heterocycles. The van der Waals surface area contributed by atoms with Crippen LogP contribution in [0.3, 0.4) is 0 Å². The fraction of sp³-hybridized carbons (Fsp3) is 0. The average molecular weight is 232 g/mol. The van der Waals surface area contributed by atoms with E-state index in [0.29, 0.717) is 10.0 Å². The molecule has 0 spiro atoms. The molecule has 0 saturated carbocycles. The summed E-state index contributed by atoms with van der Waals surface area (Å²) >= 11 is 3.13. The topological polar surface area (TPSA) is 64.4 Å². The highest BCUT2D eigenvalue weighted by atomic mass is 79.9. The first-order valence-electron chi connectivity index (χ1n) is 3.14. The van der Waals surface area contributed by atoms with E-state index in [0.717, 1.165) is 0 Å². The molecule has 1 aromatic rings. The van der Waals surface area contributed by atoms with Crippen molar-refractivity contribution < 1.29 is 4.39 Å². The molecular weight excluding hydrogens is 225 g/mol. The molecule has 0 bridgehead atoms. The molecule has 0 fully saturated rings. The van der Waals surface area contributed by atoms with Gasteiger partial charge in [0.15, 0.2) is 5.84 Å². The van der Waals surface area contributed by atoms with Gasteiger partial charge in [-0.05, 0) is 34.1 Å². The van der Waals surface area contributed by atoms with Crippen LogP contribution in [0.4, 0.5) is 4.39 Å². The molecule has 0 saturated heterocycles. The number of rotatable bonds is 1. The lowest BCUT2D eigenvalue weighted by Crippen LogP contribution is -2.16. The van der Waals surface area contributed by atoms with Gasteiger partial charge >= 0.3 is 0 Å². The Morgan fingerprint density at radius 3 is 2.67 bits per heavy atom. The zero-order valence-electron chi connectivity index (χ0n) is 6.09. The number of hydrazone groups is 1. The lowest BCUT2D eigenvalue weighted by molar-refractivity contribution is 0.627. The Kier molecular flexibility index (Phi) is 2.65. The Hall–Kier alpha value is -1.10. The number of nitrogens with zero attached hydrogens (tertiary/aromatic N) is 1. The SMILES string of the molecule is N/N=C(/N)c1ccc(F)cc1Br. The van der Waals surface area contributed by atoms with Crippen LogP contribution in [-0.4, -0.2) is 5.84 Å². The molecule has 0 amide bonds. The summed E-state index contributed by atoms with van der Waals surface area (Å²) < 4.78 is 13.1. The Balaban J connectivity index is 3.18. The summed E-state index contributed by atoms with van der Waals surface area (Å²) in [5, 5.41) is 3.29. The molecule has 0 radical (unpaired) electrons. The van der Waals surface area contributed by atoms with Gasteiger partial charge in [0.2, 0.25) is 0 Å². The Morgan fingerprint density at radius 1 is 1.50 bits per heavy atom. The Labute approximate surface area is 77.4 Å². The molecule has 64 valence electrons. The van der Waals surface area contributed by atoms with Crippen molar-refractivity contribution in [3.05, 3.63) is 34.1 Å². The zero-order chi connectivity index (χ0) is 9.14. The second kappa shape index (κ2) is 3.53. The minimum Gasteiger partial charge on any atom is -0.382 e. The van der Waals surface area contributed by atoms with Crippen LogP contribution in [-0.2, 0) is 0 Å². The van der Waals surface area contributed by atoms with E-state index in [1.165, 1.54) is 18.2 Å². The van der Waals surface area contributed by atoms with E-state index in [-0.39, 0.29) is 11.7 Å². The van der Waals surface area contributed by atoms with E-state index in [1.807, 2.05) is 0 Å². The Bertz CT molecular complexity index is 324. The number of hydrogen-bond donors (Lipinski definition) is 2. The number of hydrogen-bond acceptors (Lipinski definition) is 2. The molecule has 0 unspecified atom stereocenters. The van der Waals surface area contributed by atoms with Gasteiger partial charge in [0.25, 0.3) is 0 Å². The molecular formula is C7H7BrFN3. The van der Waals surface area contributed by atoms with Crippen LogP contribution in [0.25, 0.3) is 0 Å². The zero-order valence-corrected chi connectivity index (χ0v) is 7.68. The fourth-order valence-corrected chi connectivity index (χ4v) is 1.32. The third-order valence-electron chi connectivity index (χ3n) is 1.35. The highest BCUT2D eigenvalue weighted by Gasteiger charge is 2.04. The quantitative estimate of drug-likeness (QED) is 0.330. The summed E-state index contributed by atoms with van der Waals surface area (Å²) in [6.07, 6.45) is 0. The number of nitrogens with two attached hydrogens (primary N) is 2. The van der Waals surface area contributed by atoms with Gasteiger partial charge in [0.1, 0.15) is 5.82 Å². The minimum atomic E-state index is -0.338. The summed E-state index contributed by atoms with van der Waals surface area (Å²) in [5.74, 6) is 4.79. The third-order valence-corrected chi connectivity index (χ3v) is 2.00. The van der Waals surface area contributed by atoms with Crippen molar-refractivity contribution in [2.45, 2.75) is 0 Å². The van der Waals surface area contributed by atoms with Gasteiger partial charge in [-0.15, -0.1) is 0 Å². The van der Waals surface area contributed by atoms with Crippen molar-refractivity contribution in [3.63, 3.8) is 0 Å². The third kappa shape index (κ3) is 1.73. The van der Waals surface area contributed by atoms with E-state index in [4.69, 9.17) is 11.6 Å². The molecule has 12 heavy (non-hydrogen) atoms. The second-order valence-electron chi connectivity index (χ2n) is 2.14. The molecule has 5 heteroatoms. The summed E-state index contributed by atoms with van der Waals surface area (Å²) in [7, 11) is 0. The predicted octanol–water partition coefficient (Wildman–Crippen LogP) is 1.17. The number of halogens is 2. The second-order valence-corrected chi connectivity index (χ2v) is 2.99. The van der Waals surface area contributed by atoms with Crippen molar-refractivity contribution in [3.8, 4) is 0 Å². The van der Waals surface area contributed by atoms with Gasteiger partial charge in [-0.2, -0.15) is 5.10 Å². The maximum atomic E-state index is 12.6. The van der Waals surface area contributed by atoms with E-state index >= 15 is 0 Å². The van der Waals surface area contributed by atoms with Crippen molar-refractivity contribution in [2.24, 2.45) is 16.7 Å². The molecule has 0 aliphatic heterocycles. The largest absolute Gasteiger partial charge is 0.382 e. The Morgan fingerprint density at radius 2 is 2.17 bits per heavy atom. The summed E-state index contributed by atoms with van der Waals surface area (Å²) in [5.41, 5.74) is 6.00. The smallest absolute Gasteiger partial charge is 0.151 e. The average Bonchev–Trinajstić information content (AvgIpc) is 2.03. The first kappa shape index (κ1) is 8.99. The molecule has 0 atom stereocenters. The summed E-state index contributed by atoms with van der Waals surface area (Å²) in [6.45, 7) is 0. The van der Waals surface area contributed by atoms with Crippen LogP contribution in [0.5, 0.6) is 0 Å². The van der Waals surface area contributed by atoms with Crippen LogP contribution in [0.1, 0.15) is 5.56 Å². The van der Waals surface area contributed by atoms with Crippen LogP contribution in [0.2, 0.25) is 0 Å². The van der Waals surface area contributed by atoms with Crippen LogP contribution < -0.4 is 11.6 Å². The lowest BCUT2D eigenvalue weighted by Gasteiger charge is -2.01. The first-order chi connectivity index (χ1) is 5.65. The highest BCUT2D eigenvalue weighted by molar-refractivity contribution is 9.10. The van der Waals surface area contributed by atoms with E-state index < -0.39 is 0 Å². The van der Waals surface area contributed by atoms with Gasteiger partial charge < -0.3 is 11.6 Å². The van der Waals surface area contributed by atoms with Crippen LogP contribution >= 0.6 is 15.9 Å². The highest BCUT2D eigenvalue weighted by Crippen LogP contribution is 2.17. The van der Waals surface area contributed by atoms with Crippen molar-refractivity contribution in [1.82, 2.24) is 0 Å². The monoisotopic (exact) mass is 231 g/mol. The maximum absolute atomic E-state index is 12.6. The molecule has 4 N–H and O–H groups in total. The molecule has 3 nitrogen and oxygen atoms in total. The minimum absolute atomic E-state index is 0.168. The van der Waals surface area contributed by atoms with E-state index in [9.17, 15) is 4.39 Å². The molecule has 0 aromatic heterocycles. The molecule has 1 rings (SSSR count). The number of amidine groups is 1. The van der Waals surface area contributed by atoms with Gasteiger partial charge in [-0.1, -0.05) is 0 Å². The maximum Gasteiger partial charge on any atom is 0.151 e. The van der Waals surface area contributed by atoms with Gasteiger partial charge in [0.05, 0.1) is 0 Å². The standard InChI is InChI=1S/C7H7BrFN3/c8-6-3-4(9)1-2-5(6)7(10)12-11/h1-3H,11H2,(H2,10,12). The van der Waals surface area contributed by atoms with Gasteiger partial charge in [0, 0.05) is 10.0 Å². The van der Waals surface area contributed by atoms with Crippen molar-refractivity contribution in [2.75, 3.05) is 0 Å².